The van der Waals surface area contributed by atoms with Crippen molar-refractivity contribution in [3.63, 3.8) is 0 Å². The maximum atomic E-state index is 12.7. The van der Waals surface area contributed by atoms with E-state index >= 15 is 0 Å². The zero-order valence-corrected chi connectivity index (χ0v) is 20.0. The first-order chi connectivity index (χ1) is 17.1. The summed E-state index contributed by atoms with van der Waals surface area (Å²) in [4.78, 5) is 16.8. The van der Waals surface area contributed by atoms with Gasteiger partial charge in [-0.15, -0.1) is 0 Å². The third-order valence-corrected chi connectivity index (χ3v) is 6.54. The smallest absolute Gasteiger partial charge is 0.224 e. The number of likely N-dealkylation sites (tertiary alicyclic amines) is 1. The average Bonchev–Trinajstić information content (AvgIpc) is 3.26. The van der Waals surface area contributed by atoms with Crippen LogP contribution in [0.1, 0.15) is 28.7 Å². The first kappa shape index (κ1) is 22.6. The number of carbonyl (C=O) groups is 1. The molecule has 3 aromatic carbocycles. The lowest BCUT2D eigenvalue weighted by molar-refractivity contribution is -0.128. The summed E-state index contributed by atoms with van der Waals surface area (Å²) < 4.78 is 10.8. The zero-order valence-electron chi connectivity index (χ0n) is 20.0. The Bertz CT molecular complexity index is 1320. The molecule has 1 saturated heterocycles. The molecule has 5 nitrogen and oxygen atoms in total. The predicted molar refractivity (Wildman–Crippen MR) is 138 cm³/mol. The van der Waals surface area contributed by atoms with Gasteiger partial charge in [0.2, 0.25) is 5.91 Å². The summed E-state index contributed by atoms with van der Waals surface area (Å²) in [6.45, 7) is 1.89. The summed E-state index contributed by atoms with van der Waals surface area (Å²) in [5.74, 6) is 8.37. The van der Waals surface area contributed by atoms with Crippen LogP contribution in [0.5, 0.6) is 11.5 Å². The molecule has 3 aromatic rings. The van der Waals surface area contributed by atoms with Crippen molar-refractivity contribution in [3.05, 3.63) is 95.2 Å². The number of hydrogen-bond donors (Lipinski definition) is 0. The summed E-state index contributed by atoms with van der Waals surface area (Å²) in [5.41, 5.74) is 5.55. The molecule has 1 unspecified atom stereocenters. The van der Waals surface area contributed by atoms with Crippen LogP contribution in [0.4, 0.5) is 5.69 Å². The average molecular weight is 465 g/mol. The number of methoxy groups -OCH3 is 2. The standard InChI is InChI=1S/C30H28N2O3/c1-34-27-14-13-25(29(18-27)35-2)20-32-19-22(17-30(32)33)11-12-23-7-6-8-24-15-16-31(21-28(23)24)26-9-4-3-5-10-26/h3-10,13-16,18,22H,17,19-21H2,1-2H3. The number of amides is 1. The third-order valence-electron chi connectivity index (χ3n) is 6.54. The van der Waals surface area contributed by atoms with Crippen LogP contribution in [0.15, 0.2) is 72.9 Å². The van der Waals surface area contributed by atoms with Gasteiger partial charge in [0.25, 0.3) is 0 Å². The summed E-state index contributed by atoms with van der Waals surface area (Å²) in [6.07, 6.45) is 4.70. The van der Waals surface area contributed by atoms with Gasteiger partial charge in [-0.3, -0.25) is 4.79 Å². The zero-order chi connectivity index (χ0) is 24.2. The van der Waals surface area contributed by atoms with Crippen LogP contribution >= 0.6 is 0 Å². The molecule has 176 valence electrons. The normalized spacial score (nSPS) is 16.5. The lowest BCUT2D eigenvalue weighted by Gasteiger charge is -2.26. The monoisotopic (exact) mass is 464 g/mol. The van der Waals surface area contributed by atoms with E-state index in [1.165, 1.54) is 11.1 Å². The van der Waals surface area contributed by atoms with Gasteiger partial charge in [-0.25, -0.2) is 0 Å². The SMILES string of the molecule is COc1ccc(CN2CC(C#Cc3cccc4c3CN(c3ccccc3)C=C4)CC2=O)c(OC)c1. The van der Waals surface area contributed by atoms with E-state index in [-0.39, 0.29) is 11.8 Å². The Balaban J connectivity index is 1.31. The van der Waals surface area contributed by atoms with Gasteiger partial charge in [-0.1, -0.05) is 42.2 Å². The van der Waals surface area contributed by atoms with Crippen LogP contribution in [0.2, 0.25) is 0 Å². The summed E-state index contributed by atoms with van der Waals surface area (Å²) in [6, 6.07) is 22.3. The Morgan fingerprint density at radius 3 is 2.66 bits per heavy atom. The molecular weight excluding hydrogens is 436 g/mol. The number of fused-ring (bicyclic) bond motifs is 1. The molecule has 2 heterocycles. The minimum Gasteiger partial charge on any atom is -0.497 e. The van der Waals surface area contributed by atoms with Gasteiger partial charge in [0.15, 0.2) is 0 Å². The van der Waals surface area contributed by atoms with Gasteiger partial charge in [0, 0.05) is 61.1 Å². The molecule has 5 rings (SSSR count). The van der Waals surface area contributed by atoms with Gasteiger partial charge in [0.1, 0.15) is 11.5 Å². The number of benzene rings is 3. The number of ether oxygens (including phenoxy) is 2. The molecule has 1 fully saturated rings. The van der Waals surface area contributed by atoms with E-state index in [1.54, 1.807) is 14.2 Å². The highest BCUT2D eigenvalue weighted by Gasteiger charge is 2.29. The topological polar surface area (TPSA) is 42.0 Å². The van der Waals surface area contributed by atoms with Crippen LogP contribution in [-0.2, 0) is 17.9 Å². The van der Waals surface area contributed by atoms with Crippen LogP contribution < -0.4 is 14.4 Å². The molecule has 0 saturated carbocycles. The van der Waals surface area contributed by atoms with Crippen LogP contribution in [0.3, 0.4) is 0 Å². The highest BCUT2D eigenvalue weighted by Crippen LogP contribution is 2.29. The van der Waals surface area contributed by atoms with E-state index in [0.717, 1.165) is 34.9 Å². The van der Waals surface area contributed by atoms with Crippen LogP contribution in [-0.4, -0.2) is 31.6 Å². The quantitative estimate of drug-likeness (QED) is 0.493. The molecule has 5 heteroatoms. The molecule has 2 aliphatic heterocycles. The second-order valence-corrected chi connectivity index (χ2v) is 8.77. The maximum Gasteiger partial charge on any atom is 0.224 e. The number of nitrogens with zero attached hydrogens (tertiary/aromatic N) is 2. The molecule has 1 amide bonds. The second kappa shape index (κ2) is 9.99. The molecule has 0 N–H and O–H groups in total. The number of carbonyl (C=O) groups excluding carboxylic acids is 1. The van der Waals surface area contributed by atoms with E-state index in [0.29, 0.717) is 19.5 Å². The van der Waals surface area contributed by atoms with Gasteiger partial charge >= 0.3 is 0 Å². The molecule has 35 heavy (non-hydrogen) atoms. The van der Waals surface area contributed by atoms with Crippen molar-refractivity contribution in [3.8, 4) is 23.3 Å². The Labute approximate surface area is 206 Å². The third kappa shape index (κ3) is 4.88. The predicted octanol–water partition coefficient (Wildman–Crippen LogP) is 5.09. The molecule has 1 atom stereocenters. The minimum absolute atomic E-state index is 0.00644. The Hall–Kier alpha value is -4.17. The molecule has 0 spiro atoms. The maximum absolute atomic E-state index is 12.7. The van der Waals surface area contributed by atoms with E-state index in [4.69, 9.17) is 9.47 Å². The van der Waals surface area contributed by atoms with Gasteiger partial charge in [0.05, 0.1) is 14.2 Å². The fraction of sp³-hybridized carbons (Fsp3) is 0.233. The summed E-state index contributed by atoms with van der Waals surface area (Å²) in [5, 5.41) is 0. The highest BCUT2D eigenvalue weighted by atomic mass is 16.5. The lowest BCUT2D eigenvalue weighted by Crippen LogP contribution is -2.24. The van der Waals surface area contributed by atoms with Crippen molar-refractivity contribution < 1.29 is 14.3 Å². The van der Waals surface area contributed by atoms with E-state index in [9.17, 15) is 4.79 Å². The van der Waals surface area contributed by atoms with Crippen molar-refractivity contribution >= 4 is 17.7 Å². The molecule has 0 aromatic heterocycles. The first-order valence-corrected chi connectivity index (χ1v) is 11.8. The molecular formula is C30H28N2O3. The van der Waals surface area contributed by atoms with Gasteiger partial charge in [-0.05, 0) is 47.5 Å². The molecule has 2 aliphatic rings. The Kier molecular flexibility index (Phi) is 6.45. The van der Waals surface area contributed by atoms with Gasteiger partial charge < -0.3 is 19.3 Å². The van der Waals surface area contributed by atoms with Crippen molar-refractivity contribution in [1.82, 2.24) is 4.90 Å². The summed E-state index contributed by atoms with van der Waals surface area (Å²) >= 11 is 0. The Morgan fingerprint density at radius 2 is 1.86 bits per heavy atom. The van der Waals surface area contributed by atoms with Crippen molar-refractivity contribution in [1.29, 1.82) is 0 Å². The Morgan fingerprint density at radius 1 is 1.00 bits per heavy atom. The number of anilines is 1. The molecule has 0 bridgehead atoms. The highest BCUT2D eigenvalue weighted by molar-refractivity contribution is 5.79. The lowest BCUT2D eigenvalue weighted by atomic mass is 9.97. The van der Waals surface area contributed by atoms with E-state index < -0.39 is 0 Å². The number of rotatable bonds is 5. The van der Waals surface area contributed by atoms with E-state index in [2.05, 4.69) is 65.4 Å². The number of hydrogen-bond acceptors (Lipinski definition) is 4. The van der Waals surface area contributed by atoms with Crippen molar-refractivity contribution in [2.45, 2.75) is 19.5 Å². The summed E-state index contributed by atoms with van der Waals surface area (Å²) in [7, 11) is 3.26. The second-order valence-electron chi connectivity index (χ2n) is 8.77. The first-order valence-electron chi connectivity index (χ1n) is 11.8. The van der Waals surface area contributed by atoms with Crippen molar-refractivity contribution in [2.24, 2.45) is 5.92 Å². The fourth-order valence-electron chi connectivity index (χ4n) is 4.63. The van der Waals surface area contributed by atoms with Crippen LogP contribution in [0, 0.1) is 17.8 Å². The molecule has 0 radical (unpaired) electrons. The fourth-order valence-corrected chi connectivity index (χ4v) is 4.63. The molecule has 0 aliphatic carbocycles. The largest absolute Gasteiger partial charge is 0.497 e. The van der Waals surface area contributed by atoms with Crippen molar-refractivity contribution in [2.75, 3.05) is 25.7 Å². The number of para-hydroxylation sites is 1. The van der Waals surface area contributed by atoms with E-state index in [1.807, 2.05) is 35.2 Å². The van der Waals surface area contributed by atoms with Crippen LogP contribution in [0.25, 0.3) is 6.08 Å². The van der Waals surface area contributed by atoms with Gasteiger partial charge in [-0.2, -0.15) is 0 Å². The minimum atomic E-state index is 0.00644.